The van der Waals surface area contributed by atoms with Gasteiger partial charge in [-0.25, -0.2) is 4.52 Å². The summed E-state index contributed by atoms with van der Waals surface area (Å²) in [6.45, 7) is 2.40. The summed E-state index contributed by atoms with van der Waals surface area (Å²) in [4.78, 5) is 4.33. The number of rotatable bonds is 3. The maximum Gasteiger partial charge on any atom is 0.243 e. The normalized spacial score (nSPS) is 11.0. The van der Waals surface area contributed by atoms with Crippen LogP contribution < -0.4 is 5.32 Å². The molecule has 0 aliphatic heterocycles. The molecule has 18 heavy (non-hydrogen) atoms. The zero-order valence-electron chi connectivity index (χ0n) is 9.59. The van der Waals surface area contributed by atoms with Gasteiger partial charge in [-0.1, -0.05) is 5.16 Å². The predicted molar refractivity (Wildman–Crippen MR) is 69.3 cm³/mol. The number of halogens is 1. The van der Waals surface area contributed by atoms with Gasteiger partial charge in [0.1, 0.15) is 0 Å². The first-order valence-corrected chi connectivity index (χ1v) is 6.18. The second-order valence-corrected chi connectivity index (χ2v) is 4.79. The Labute approximate surface area is 111 Å². The first-order valence-electron chi connectivity index (χ1n) is 5.39. The number of nitrogens with one attached hydrogen (secondary N) is 1. The van der Waals surface area contributed by atoms with Crippen LogP contribution in [-0.2, 0) is 6.54 Å². The summed E-state index contributed by atoms with van der Waals surface area (Å²) in [6, 6.07) is 5.69. The Balaban J connectivity index is 1.78. The number of nitrogens with zero attached hydrogens (tertiary/aromatic N) is 4. The van der Waals surface area contributed by atoms with Gasteiger partial charge in [-0.15, -0.1) is 5.10 Å². The molecule has 0 unspecified atom stereocenters. The van der Waals surface area contributed by atoms with E-state index in [4.69, 9.17) is 4.52 Å². The standard InChI is InChI=1S/C11H10BrN5O/c1-7-4-9(18-16-7)5-13-11-14-10-3-2-8(12)6-17(10)15-11/h2-4,6H,5H2,1H3,(H,13,15). The average molecular weight is 308 g/mol. The highest BCUT2D eigenvalue weighted by Crippen LogP contribution is 2.12. The molecule has 0 atom stereocenters. The van der Waals surface area contributed by atoms with E-state index in [1.165, 1.54) is 0 Å². The van der Waals surface area contributed by atoms with Crippen molar-refractivity contribution in [3.63, 3.8) is 0 Å². The Morgan fingerprint density at radius 2 is 2.33 bits per heavy atom. The third-order valence-electron chi connectivity index (χ3n) is 2.39. The molecule has 92 valence electrons. The molecule has 0 aliphatic carbocycles. The summed E-state index contributed by atoms with van der Waals surface area (Å²) in [5, 5.41) is 11.2. The summed E-state index contributed by atoms with van der Waals surface area (Å²) in [5.41, 5.74) is 1.65. The monoisotopic (exact) mass is 307 g/mol. The lowest BCUT2D eigenvalue weighted by atomic mass is 10.4. The molecule has 3 aromatic rings. The Bertz CT molecular complexity index is 690. The van der Waals surface area contributed by atoms with Gasteiger partial charge in [-0.2, -0.15) is 4.98 Å². The maximum atomic E-state index is 5.10. The third kappa shape index (κ3) is 2.21. The van der Waals surface area contributed by atoms with Gasteiger partial charge >= 0.3 is 0 Å². The molecular weight excluding hydrogens is 298 g/mol. The Morgan fingerprint density at radius 1 is 1.44 bits per heavy atom. The Morgan fingerprint density at radius 3 is 3.11 bits per heavy atom. The van der Waals surface area contributed by atoms with E-state index >= 15 is 0 Å². The van der Waals surface area contributed by atoms with Crippen molar-refractivity contribution in [2.24, 2.45) is 0 Å². The smallest absolute Gasteiger partial charge is 0.243 e. The summed E-state index contributed by atoms with van der Waals surface area (Å²) in [6.07, 6.45) is 1.85. The fraction of sp³-hybridized carbons (Fsp3) is 0.182. The molecule has 0 spiro atoms. The molecule has 3 aromatic heterocycles. The van der Waals surface area contributed by atoms with Crippen LogP contribution in [0, 0.1) is 6.92 Å². The molecule has 3 heterocycles. The van der Waals surface area contributed by atoms with Crippen LogP contribution in [0.4, 0.5) is 5.95 Å². The van der Waals surface area contributed by atoms with Crippen molar-refractivity contribution in [3.05, 3.63) is 40.3 Å². The second-order valence-electron chi connectivity index (χ2n) is 3.87. The van der Waals surface area contributed by atoms with Crippen LogP contribution in [0.25, 0.3) is 5.65 Å². The van der Waals surface area contributed by atoms with Crippen LogP contribution in [0.2, 0.25) is 0 Å². The molecule has 0 amide bonds. The molecule has 0 fully saturated rings. The van der Waals surface area contributed by atoms with Crippen molar-refractivity contribution >= 4 is 27.5 Å². The highest BCUT2D eigenvalue weighted by Gasteiger charge is 2.05. The minimum atomic E-state index is 0.513. The summed E-state index contributed by atoms with van der Waals surface area (Å²) >= 11 is 3.39. The molecular formula is C11H10BrN5O. The molecule has 0 aromatic carbocycles. The van der Waals surface area contributed by atoms with E-state index in [1.807, 2.05) is 31.3 Å². The van der Waals surface area contributed by atoms with Crippen LogP contribution in [-0.4, -0.2) is 19.8 Å². The van der Waals surface area contributed by atoms with E-state index in [2.05, 4.69) is 36.5 Å². The minimum absolute atomic E-state index is 0.513. The zero-order valence-corrected chi connectivity index (χ0v) is 11.2. The van der Waals surface area contributed by atoms with Crippen molar-refractivity contribution in [3.8, 4) is 0 Å². The van der Waals surface area contributed by atoms with Gasteiger partial charge in [0.2, 0.25) is 5.95 Å². The van der Waals surface area contributed by atoms with Crippen LogP contribution in [0.3, 0.4) is 0 Å². The first kappa shape index (κ1) is 11.2. The van der Waals surface area contributed by atoms with Crippen LogP contribution in [0.15, 0.2) is 33.4 Å². The topological polar surface area (TPSA) is 68.2 Å². The Hall–Kier alpha value is -1.89. The van der Waals surface area contributed by atoms with E-state index in [1.54, 1.807) is 4.52 Å². The van der Waals surface area contributed by atoms with E-state index < -0.39 is 0 Å². The Kier molecular flexibility index (Phi) is 2.75. The van der Waals surface area contributed by atoms with Crippen LogP contribution in [0.1, 0.15) is 11.5 Å². The quantitative estimate of drug-likeness (QED) is 0.804. The highest BCUT2D eigenvalue weighted by molar-refractivity contribution is 9.10. The van der Waals surface area contributed by atoms with Gasteiger partial charge in [0.05, 0.1) is 12.2 Å². The predicted octanol–water partition coefficient (Wildman–Crippen LogP) is 2.40. The van der Waals surface area contributed by atoms with Gasteiger partial charge in [-0.05, 0) is 35.0 Å². The zero-order chi connectivity index (χ0) is 12.5. The molecule has 6 nitrogen and oxygen atoms in total. The van der Waals surface area contributed by atoms with E-state index in [0.29, 0.717) is 12.5 Å². The number of fused-ring (bicyclic) bond motifs is 1. The van der Waals surface area contributed by atoms with Crippen molar-refractivity contribution in [2.75, 3.05) is 5.32 Å². The lowest BCUT2D eigenvalue weighted by molar-refractivity contribution is 0.384. The van der Waals surface area contributed by atoms with E-state index in [0.717, 1.165) is 21.6 Å². The van der Waals surface area contributed by atoms with Gasteiger partial charge in [0.15, 0.2) is 11.4 Å². The molecule has 7 heteroatoms. The maximum absolute atomic E-state index is 5.10. The van der Waals surface area contributed by atoms with Gasteiger partial charge in [-0.3, -0.25) is 0 Å². The molecule has 0 saturated carbocycles. The fourth-order valence-electron chi connectivity index (χ4n) is 1.60. The third-order valence-corrected chi connectivity index (χ3v) is 2.86. The van der Waals surface area contributed by atoms with Crippen LogP contribution >= 0.6 is 15.9 Å². The van der Waals surface area contributed by atoms with Crippen molar-refractivity contribution < 1.29 is 4.52 Å². The fourth-order valence-corrected chi connectivity index (χ4v) is 1.92. The number of anilines is 1. The molecule has 3 rings (SSSR count). The molecule has 1 N–H and O–H groups in total. The molecule has 0 radical (unpaired) electrons. The number of hydrogen-bond acceptors (Lipinski definition) is 5. The lowest BCUT2D eigenvalue weighted by Gasteiger charge is -1.95. The van der Waals surface area contributed by atoms with Gasteiger partial charge < -0.3 is 9.84 Å². The summed E-state index contributed by atoms with van der Waals surface area (Å²) < 4.78 is 7.76. The van der Waals surface area contributed by atoms with Crippen molar-refractivity contribution in [1.29, 1.82) is 0 Å². The van der Waals surface area contributed by atoms with Crippen molar-refractivity contribution in [2.45, 2.75) is 13.5 Å². The lowest BCUT2D eigenvalue weighted by Crippen LogP contribution is -2.00. The first-order chi connectivity index (χ1) is 8.70. The molecule has 0 aliphatic rings. The van der Waals surface area contributed by atoms with Crippen molar-refractivity contribution in [1.82, 2.24) is 19.8 Å². The summed E-state index contributed by atoms with van der Waals surface area (Å²) in [7, 11) is 0. The van der Waals surface area contributed by atoms with Crippen LogP contribution in [0.5, 0.6) is 0 Å². The summed E-state index contributed by atoms with van der Waals surface area (Å²) in [5.74, 6) is 1.31. The number of aryl methyl sites for hydroxylation is 1. The SMILES string of the molecule is Cc1cc(CNc2nc3ccc(Br)cn3n2)on1. The molecule has 0 saturated heterocycles. The van der Waals surface area contributed by atoms with E-state index in [9.17, 15) is 0 Å². The number of pyridine rings is 1. The van der Waals surface area contributed by atoms with E-state index in [-0.39, 0.29) is 0 Å². The largest absolute Gasteiger partial charge is 0.359 e. The minimum Gasteiger partial charge on any atom is -0.359 e. The highest BCUT2D eigenvalue weighted by atomic mass is 79.9. The van der Waals surface area contributed by atoms with Gasteiger partial charge in [0.25, 0.3) is 0 Å². The average Bonchev–Trinajstić information content (AvgIpc) is 2.92. The number of aromatic nitrogens is 4. The number of hydrogen-bond donors (Lipinski definition) is 1. The molecule has 0 bridgehead atoms. The second kappa shape index (κ2) is 4.41. The van der Waals surface area contributed by atoms with Gasteiger partial charge in [0, 0.05) is 16.7 Å².